The first-order valence-electron chi connectivity index (χ1n) is 17.1. The summed E-state index contributed by atoms with van der Waals surface area (Å²) in [4.78, 5) is 38.7. The number of morpholine rings is 1. The maximum Gasteiger partial charge on any atom is 0.251 e. The second-order valence-electron chi connectivity index (χ2n) is 13.7. The van der Waals surface area contributed by atoms with Crippen molar-refractivity contribution in [2.24, 2.45) is 11.8 Å². The normalized spacial score (nSPS) is 26.0. The first-order valence-corrected chi connectivity index (χ1v) is 17.1. The summed E-state index contributed by atoms with van der Waals surface area (Å²) in [6, 6.07) is 9.72. The number of aromatic nitrogens is 1. The number of nitrogens with one attached hydrogen (secondary N) is 2. The van der Waals surface area contributed by atoms with Crippen molar-refractivity contribution in [2.75, 3.05) is 58.4 Å². The van der Waals surface area contributed by atoms with Crippen LogP contribution in [0.5, 0.6) is 0 Å². The Morgan fingerprint density at radius 2 is 1.78 bits per heavy atom. The van der Waals surface area contributed by atoms with E-state index < -0.39 is 0 Å². The van der Waals surface area contributed by atoms with E-state index in [9.17, 15) is 9.59 Å². The summed E-state index contributed by atoms with van der Waals surface area (Å²) < 4.78 is 5.50. The van der Waals surface area contributed by atoms with Crippen molar-refractivity contribution in [3.8, 4) is 11.1 Å². The Bertz CT molecular complexity index is 1300. The fourth-order valence-electron chi connectivity index (χ4n) is 7.57. The van der Waals surface area contributed by atoms with Crippen LogP contribution in [-0.2, 0) is 16.1 Å². The zero-order chi connectivity index (χ0) is 32.1. The smallest absolute Gasteiger partial charge is 0.251 e. The highest BCUT2D eigenvalue weighted by Crippen LogP contribution is 2.36. The number of amides is 2. The lowest BCUT2D eigenvalue weighted by atomic mass is 9.84. The molecule has 0 spiro atoms. The molecule has 0 bridgehead atoms. The molecule has 2 saturated heterocycles. The number of piperidine rings is 1. The number of hydrogen-bond acceptors (Lipinski definition) is 7. The molecule has 3 heterocycles. The molecule has 1 saturated carbocycles. The van der Waals surface area contributed by atoms with Gasteiger partial charge in [-0.25, -0.2) is 0 Å². The number of anilines is 1. The number of nitrogens with zero attached hydrogens (tertiary/aromatic N) is 4. The molecule has 2 amide bonds. The van der Waals surface area contributed by atoms with Crippen molar-refractivity contribution < 1.29 is 14.3 Å². The van der Waals surface area contributed by atoms with Crippen LogP contribution in [0.15, 0.2) is 30.5 Å². The van der Waals surface area contributed by atoms with E-state index in [0.29, 0.717) is 24.2 Å². The zero-order valence-corrected chi connectivity index (χ0v) is 28.3. The van der Waals surface area contributed by atoms with Gasteiger partial charge in [-0.1, -0.05) is 13.0 Å². The summed E-state index contributed by atoms with van der Waals surface area (Å²) in [6.45, 7) is 13.8. The summed E-state index contributed by atoms with van der Waals surface area (Å²) in [6.07, 6.45) is 7.48. The van der Waals surface area contributed by atoms with Crippen LogP contribution in [0.2, 0.25) is 0 Å². The third-order valence-electron chi connectivity index (χ3n) is 10.4. The topological polar surface area (TPSA) is 90.0 Å². The van der Waals surface area contributed by atoms with Crippen molar-refractivity contribution in [1.29, 1.82) is 0 Å². The first-order chi connectivity index (χ1) is 21.6. The Hall–Kier alpha value is -3.01. The molecule has 9 heteroatoms. The standard InChI is InChI=1S/C36H54N6O3/c1-7-42(31-12-10-30(11-13-31)40(5)6)34-20-28(27-8-9-29(37-21-27)23-41-14-16-45-17-15-41)19-32(26(34)4)35(43)38-22-33-24(2)18-25(3)39-36(33)44/h8-9,19-21,24-25,30-31,33H,7,10-18,22-23H2,1-6H3,(H,38,43)(H,39,44). The molecular weight excluding hydrogens is 564 g/mol. The highest BCUT2D eigenvalue weighted by molar-refractivity contribution is 5.99. The van der Waals surface area contributed by atoms with Crippen molar-refractivity contribution in [1.82, 2.24) is 25.4 Å². The van der Waals surface area contributed by atoms with Crippen molar-refractivity contribution in [3.63, 3.8) is 0 Å². The summed E-state index contributed by atoms with van der Waals surface area (Å²) >= 11 is 0. The van der Waals surface area contributed by atoms with Crippen LogP contribution in [0.25, 0.3) is 11.1 Å². The molecule has 2 N–H and O–H groups in total. The number of pyridine rings is 1. The van der Waals surface area contributed by atoms with Crippen LogP contribution >= 0.6 is 0 Å². The van der Waals surface area contributed by atoms with Crippen LogP contribution in [0, 0.1) is 18.8 Å². The maximum atomic E-state index is 13.9. The Morgan fingerprint density at radius 1 is 1.07 bits per heavy atom. The van der Waals surface area contributed by atoms with Gasteiger partial charge in [0.1, 0.15) is 0 Å². The lowest BCUT2D eigenvalue weighted by Gasteiger charge is -2.40. The van der Waals surface area contributed by atoms with Gasteiger partial charge < -0.3 is 25.2 Å². The quantitative estimate of drug-likeness (QED) is 0.406. The third kappa shape index (κ3) is 8.05. The lowest BCUT2D eigenvalue weighted by molar-refractivity contribution is -0.129. The van der Waals surface area contributed by atoms with Gasteiger partial charge in [-0.3, -0.25) is 19.5 Å². The van der Waals surface area contributed by atoms with Crippen LogP contribution in [0.3, 0.4) is 0 Å². The van der Waals surface area contributed by atoms with Crippen molar-refractivity contribution in [3.05, 3.63) is 47.3 Å². The second-order valence-corrected chi connectivity index (χ2v) is 13.7. The van der Waals surface area contributed by atoms with E-state index in [4.69, 9.17) is 9.72 Å². The van der Waals surface area contributed by atoms with Crippen LogP contribution in [-0.4, -0.2) is 98.2 Å². The second kappa shape index (κ2) is 15.1. The molecule has 3 aliphatic rings. The molecule has 1 aliphatic carbocycles. The minimum absolute atomic E-state index is 0.0291. The predicted octanol–water partition coefficient (Wildman–Crippen LogP) is 4.48. The van der Waals surface area contributed by atoms with Gasteiger partial charge in [0.15, 0.2) is 0 Å². The van der Waals surface area contributed by atoms with E-state index in [1.807, 2.05) is 19.2 Å². The zero-order valence-electron chi connectivity index (χ0n) is 28.3. The summed E-state index contributed by atoms with van der Waals surface area (Å²) in [5, 5.41) is 6.20. The molecule has 3 atom stereocenters. The van der Waals surface area contributed by atoms with E-state index >= 15 is 0 Å². The maximum absolute atomic E-state index is 13.9. The summed E-state index contributed by atoms with van der Waals surface area (Å²) in [7, 11) is 4.36. The molecule has 0 radical (unpaired) electrons. The fourth-order valence-corrected chi connectivity index (χ4v) is 7.57. The van der Waals surface area contributed by atoms with E-state index in [1.54, 1.807) is 0 Å². The molecule has 2 aliphatic heterocycles. The van der Waals surface area contributed by atoms with Gasteiger partial charge in [-0.05, 0) is 102 Å². The van der Waals surface area contributed by atoms with E-state index in [1.165, 1.54) is 12.8 Å². The summed E-state index contributed by atoms with van der Waals surface area (Å²) in [5.74, 6) is -0.109. The minimum Gasteiger partial charge on any atom is -0.379 e. The van der Waals surface area contributed by atoms with Gasteiger partial charge >= 0.3 is 0 Å². The molecular formula is C36H54N6O3. The SMILES string of the molecule is CCN(c1cc(-c2ccc(CN3CCOCC3)nc2)cc(C(=O)NCC2C(=O)NC(C)CC2C)c1C)C1CCC(N(C)C)CC1. The number of rotatable bonds is 10. The highest BCUT2D eigenvalue weighted by atomic mass is 16.5. The van der Waals surface area contributed by atoms with Crippen molar-refractivity contribution >= 4 is 17.5 Å². The van der Waals surface area contributed by atoms with Gasteiger partial charge in [0.05, 0.1) is 24.8 Å². The van der Waals surface area contributed by atoms with Gasteiger partial charge in [0.25, 0.3) is 5.91 Å². The Kier molecular flexibility index (Phi) is 11.2. The Labute approximate surface area is 270 Å². The van der Waals surface area contributed by atoms with Crippen LogP contribution in [0.1, 0.15) is 74.5 Å². The third-order valence-corrected chi connectivity index (χ3v) is 10.4. The molecule has 2 aromatic rings. The van der Waals surface area contributed by atoms with Crippen LogP contribution < -0.4 is 15.5 Å². The van der Waals surface area contributed by atoms with E-state index in [2.05, 4.69) is 78.4 Å². The largest absolute Gasteiger partial charge is 0.379 e. The average Bonchev–Trinajstić information content (AvgIpc) is 3.02. The minimum atomic E-state index is -0.227. The molecule has 1 aromatic heterocycles. The van der Waals surface area contributed by atoms with Gasteiger partial charge in [-0.2, -0.15) is 0 Å². The Morgan fingerprint density at radius 3 is 2.40 bits per heavy atom. The van der Waals surface area contributed by atoms with Gasteiger partial charge in [-0.15, -0.1) is 0 Å². The average molecular weight is 619 g/mol. The fraction of sp³-hybridized carbons (Fsp3) is 0.639. The lowest BCUT2D eigenvalue weighted by Crippen LogP contribution is -2.50. The first kappa shape index (κ1) is 33.4. The van der Waals surface area contributed by atoms with Crippen molar-refractivity contribution in [2.45, 2.75) is 84.5 Å². The summed E-state index contributed by atoms with van der Waals surface area (Å²) in [5.41, 5.74) is 5.79. The van der Waals surface area contributed by atoms with Crippen LogP contribution in [0.4, 0.5) is 5.69 Å². The monoisotopic (exact) mass is 618 g/mol. The molecule has 45 heavy (non-hydrogen) atoms. The molecule has 246 valence electrons. The molecule has 5 rings (SSSR count). The highest BCUT2D eigenvalue weighted by Gasteiger charge is 2.33. The number of hydrogen-bond donors (Lipinski definition) is 2. The molecule has 3 fully saturated rings. The van der Waals surface area contributed by atoms with E-state index in [-0.39, 0.29) is 29.7 Å². The Balaban J connectivity index is 1.42. The number of carbonyl (C=O) groups is 2. The van der Waals surface area contributed by atoms with E-state index in [0.717, 1.165) is 86.7 Å². The molecule has 9 nitrogen and oxygen atoms in total. The number of benzene rings is 1. The molecule has 1 aromatic carbocycles. The number of ether oxygens (including phenoxy) is 1. The molecule has 3 unspecified atom stereocenters. The predicted molar refractivity (Wildman–Crippen MR) is 180 cm³/mol. The van der Waals surface area contributed by atoms with Gasteiger partial charge in [0, 0.05) is 73.9 Å². The number of carbonyl (C=O) groups excluding carboxylic acids is 2. The van der Waals surface area contributed by atoms with Gasteiger partial charge in [0.2, 0.25) is 5.91 Å².